The second-order valence-electron chi connectivity index (χ2n) is 3.78. The summed E-state index contributed by atoms with van der Waals surface area (Å²) < 4.78 is 5.06. The minimum Gasteiger partial charge on any atom is -0.497 e. The van der Waals surface area contributed by atoms with E-state index in [0.717, 1.165) is 17.0 Å². The number of carbonyl (C=O) groups excluding carboxylic acids is 1. The van der Waals surface area contributed by atoms with Gasteiger partial charge in [-0.3, -0.25) is 4.79 Å². The molecule has 18 heavy (non-hydrogen) atoms. The minimum atomic E-state index is -0.00633. The lowest BCUT2D eigenvalue weighted by Crippen LogP contribution is -2.24. The normalized spacial score (nSPS) is 10.1. The zero-order valence-corrected chi connectivity index (χ0v) is 10.9. The van der Waals surface area contributed by atoms with Gasteiger partial charge in [0.15, 0.2) is 0 Å². The van der Waals surface area contributed by atoms with Gasteiger partial charge in [0.2, 0.25) is 5.91 Å². The van der Waals surface area contributed by atoms with Gasteiger partial charge in [-0.1, -0.05) is 12.1 Å². The van der Waals surface area contributed by atoms with Crippen LogP contribution in [0, 0.1) is 0 Å². The van der Waals surface area contributed by atoms with Crippen molar-refractivity contribution < 1.29 is 9.53 Å². The highest BCUT2D eigenvalue weighted by atomic mass is 32.1. The van der Waals surface area contributed by atoms with Crippen LogP contribution in [0.3, 0.4) is 0 Å². The molecule has 1 aromatic heterocycles. The Morgan fingerprint density at radius 3 is 2.78 bits per heavy atom. The van der Waals surface area contributed by atoms with Crippen molar-refractivity contribution in [2.45, 2.75) is 13.0 Å². The van der Waals surface area contributed by atoms with Gasteiger partial charge in [0.1, 0.15) is 5.75 Å². The van der Waals surface area contributed by atoms with Crippen molar-refractivity contribution in [3.05, 3.63) is 46.4 Å². The molecular formula is C13H14N2O2S. The van der Waals surface area contributed by atoms with Crippen LogP contribution in [0.5, 0.6) is 5.75 Å². The molecule has 0 aliphatic rings. The lowest BCUT2D eigenvalue weighted by Gasteiger charge is -2.04. The van der Waals surface area contributed by atoms with E-state index < -0.39 is 0 Å². The highest BCUT2D eigenvalue weighted by molar-refractivity contribution is 7.07. The topological polar surface area (TPSA) is 51.2 Å². The number of ether oxygens (including phenoxy) is 1. The van der Waals surface area contributed by atoms with Crippen molar-refractivity contribution in [3.8, 4) is 5.75 Å². The fourth-order valence-corrected chi connectivity index (χ4v) is 2.06. The summed E-state index contributed by atoms with van der Waals surface area (Å²) in [4.78, 5) is 15.8. The number of methoxy groups -OCH3 is 1. The van der Waals surface area contributed by atoms with E-state index in [0.29, 0.717) is 13.0 Å². The van der Waals surface area contributed by atoms with Crippen molar-refractivity contribution >= 4 is 17.2 Å². The molecule has 0 aliphatic carbocycles. The Morgan fingerprint density at radius 1 is 1.39 bits per heavy atom. The second kappa shape index (κ2) is 6.16. The zero-order chi connectivity index (χ0) is 12.8. The van der Waals surface area contributed by atoms with Gasteiger partial charge >= 0.3 is 0 Å². The number of hydrogen-bond acceptors (Lipinski definition) is 4. The quantitative estimate of drug-likeness (QED) is 0.896. The molecule has 1 amide bonds. The van der Waals surface area contributed by atoms with E-state index in [1.165, 1.54) is 11.3 Å². The van der Waals surface area contributed by atoms with E-state index in [2.05, 4.69) is 10.3 Å². The van der Waals surface area contributed by atoms with Crippen LogP contribution in [0.1, 0.15) is 11.3 Å². The number of amides is 1. The molecule has 5 heteroatoms. The van der Waals surface area contributed by atoms with Crippen LogP contribution in [0.4, 0.5) is 0 Å². The SMILES string of the molecule is COc1ccc(CC(=O)NCc2cscn2)cc1. The molecule has 0 aliphatic heterocycles. The number of hydrogen-bond donors (Lipinski definition) is 1. The predicted octanol–water partition coefficient (Wildman–Crippen LogP) is 2.01. The first-order valence-corrected chi connectivity index (χ1v) is 6.49. The van der Waals surface area contributed by atoms with Crippen LogP contribution in [-0.4, -0.2) is 18.0 Å². The molecule has 0 spiro atoms. The Bertz CT molecular complexity index is 494. The van der Waals surface area contributed by atoms with Crippen molar-refractivity contribution in [2.75, 3.05) is 7.11 Å². The third-order valence-corrected chi connectivity index (χ3v) is 3.11. The van der Waals surface area contributed by atoms with E-state index in [4.69, 9.17) is 4.74 Å². The van der Waals surface area contributed by atoms with Gasteiger partial charge in [0, 0.05) is 5.38 Å². The molecular weight excluding hydrogens is 248 g/mol. The summed E-state index contributed by atoms with van der Waals surface area (Å²) in [6, 6.07) is 7.48. The van der Waals surface area contributed by atoms with Crippen molar-refractivity contribution in [3.63, 3.8) is 0 Å². The number of nitrogens with zero attached hydrogens (tertiary/aromatic N) is 1. The maximum absolute atomic E-state index is 11.7. The van der Waals surface area contributed by atoms with E-state index in [9.17, 15) is 4.79 Å². The fourth-order valence-electron chi connectivity index (χ4n) is 1.51. The molecule has 0 unspecified atom stereocenters. The van der Waals surface area contributed by atoms with Crippen molar-refractivity contribution in [2.24, 2.45) is 0 Å². The smallest absolute Gasteiger partial charge is 0.224 e. The third-order valence-electron chi connectivity index (χ3n) is 2.47. The monoisotopic (exact) mass is 262 g/mol. The van der Waals surface area contributed by atoms with Gasteiger partial charge in [0.05, 0.1) is 31.3 Å². The summed E-state index contributed by atoms with van der Waals surface area (Å²) in [5, 5.41) is 4.76. The van der Waals surface area contributed by atoms with Crippen LogP contribution >= 0.6 is 11.3 Å². The molecule has 0 bridgehead atoms. The Kier molecular flexibility index (Phi) is 4.30. The first kappa shape index (κ1) is 12.6. The van der Waals surface area contributed by atoms with Crippen LogP contribution in [0.2, 0.25) is 0 Å². The largest absolute Gasteiger partial charge is 0.497 e. The molecule has 0 radical (unpaired) electrons. The molecule has 94 valence electrons. The molecule has 0 fully saturated rings. The summed E-state index contributed by atoms with van der Waals surface area (Å²) in [6.07, 6.45) is 0.369. The lowest BCUT2D eigenvalue weighted by molar-refractivity contribution is -0.120. The first-order valence-electron chi connectivity index (χ1n) is 5.54. The van der Waals surface area contributed by atoms with Gasteiger partial charge in [-0.15, -0.1) is 11.3 Å². The summed E-state index contributed by atoms with van der Waals surface area (Å²) in [7, 11) is 1.62. The molecule has 1 heterocycles. The van der Waals surface area contributed by atoms with Crippen LogP contribution in [0.15, 0.2) is 35.2 Å². The van der Waals surface area contributed by atoms with Crippen LogP contribution in [-0.2, 0) is 17.8 Å². The number of thiazole rings is 1. The van der Waals surface area contributed by atoms with Gasteiger partial charge in [0.25, 0.3) is 0 Å². The second-order valence-corrected chi connectivity index (χ2v) is 4.50. The first-order chi connectivity index (χ1) is 8.78. The number of rotatable bonds is 5. The molecule has 0 atom stereocenters. The zero-order valence-electron chi connectivity index (χ0n) is 10.1. The number of aromatic nitrogens is 1. The Morgan fingerprint density at radius 2 is 2.17 bits per heavy atom. The summed E-state index contributed by atoms with van der Waals surface area (Å²) in [5.74, 6) is 0.787. The Labute approximate surface area is 110 Å². The van der Waals surface area contributed by atoms with Crippen LogP contribution < -0.4 is 10.1 Å². The molecule has 0 saturated heterocycles. The lowest BCUT2D eigenvalue weighted by atomic mass is 10.1. The maximum Gasteiger partial charge on any atom is 0.224 e. The third kappa shape index (κ3) is 3.56. The summed E-state index contributed by atoms with van der Waals surface area (Å²) >= 11 is 1.52. The van der Waals surface area contributed by atoms with E-state index >= 15 is 0 Å². The maximum atomic E-state index is 11.7. The fraction of sp³-hybridized carbons (Fsp3) is 0.231. The van der Waals surface area contributed by atoms with Gasteiger partial charge in [-0.05, 0) is 17.7 Å². The molecule has 4 nitrogen and oxygen atoms in total. The highest BCUT2D eigenvalue weighted by Gasteiger charge is 2.04. The van der Waals surface area contributed by atoms with Crippen molar-refractivity contribution in [1.82, 2.24) is 10.3 Å². The average molecular weight is 262 g/mol. The molecule has 2 aromatic rings. The summed E-state index contributed by atoms with van der Waals surface area (Å²) in [6.45, 7) is 0.485. The number of nitrogens with one attached hydrogen (secondary N) is 1. The molecule has 1 aromatic carbocycles. The minimum absolute atomic E-state index is 0.00633. The molecule has 0 saturated carbocycles. The van der Waals surface area contributed by atoms with Gasteiger partial charge in [-0.2, -0.15) is 0 Å². The van der Waals surface area contributed by atoms with Crippen LogP contribution in [0.25, 0.3) is 0 Å². The Balaban J connectivity index is 1.83. The van der Waals surface area contributed by atoms with E-state index in [-0.39, 0.29) is 5.91 Å². The number of carbonyl (C=O) groups is 1. The van der Waals surface area contributed by atoms with Gasteiger partial charge in [-0.25, -0.2) is 4.98 Å². The van der Waals surface area contributed by atoms with Crippen molar-refractivity contribution in [1.29, 1.82) is 0 Å². The standard InChI is InChI=1S/C13H14N2O2S/c1-17-12-4-2-10(3-5-12)6-13(16)14-7-11-8-18-9-15-11/h2-5,8-9H,6-7H2,1H3,(H,14,16). The Hall–Kier alpha value is -1.88. The van der Waals surface area contributed by atoms with E-state index in [1.54, 1.807) is 12.6 Å². The summed E-state index contributed by atoms with van der Waals surface area (Å²) in [5.41, 5.74) is 3.61. The highest BCUT2D eigenvalue weighted by Crippen LogP contribution is 2.11. The van der Waals surface area contributed by atoms with Gasteiger partial charge < -0.3 is 10.1 Å². The predicted molar refractivity (Wildman–Crippen MR) is 70.7 cm³/mol. The molecule has 1 N–H and O–H groups in total. The number of benzene rings is 1. The molecule has 2 rings (SSSR count). The average Bonchev–Trinajstić information content (AvgIpc) is 2.90. The van der Waals surface area contributed by atoms with E-state index in [1.807, 2.05) is 29.6 Å².